The number of nitrogens with one attached hydrogen (secondary N) is 2. The van der Waals surface area contributed by atoms with Crippen LogP contribution in [0.3, 0.4) is 0 Å². The molecule has 4 aliphatic carbocycles. The van der Waals surface area contributed by atoms with E-state index in [1.54, 1.807) is 12.1 Å². The quantitative estimate of drug-likeness (QED) is 0.833. The molecule has 2 N–H and O–H groups in total. The van der Waals surface area contributed by atoms with Gasteiger partial charge in [-0.1, -0.05) is 18.2 Å². The average molecular weight is 342 g/mol. The summed E-state index contributed by atoms with van der Waals surface area (Å²) in [5.41, 5.74) is -0.00288. The van der Waals surface area contributed by atoms with E-state index in [9.17, 15) is 9.59 Å². The Hall–Kier alpha value is -2.04. The predicted octanol–water partition coefficient (Wildman–Crippen LogP) is 2.27. The first-order valence-electron chi connectivity index (χ1n) is 9.36. The van der Waals surface area contributed by atoms with Gasteiger partial charge in [0.25, 0.3) is 5.91 Å². The Bertz CT molecular complexity index is 608. The molecule has 1 aromatic carbocycles. The summed E-state index contributed by atoms with van der Waals surface area (Å²) in [5, 5.41) is 5.92. The van der Waals surface area contributed by atoms with Crippen LogP contribution in [0.5, 0.6) is 5.75 Å². The molecule has 1 aromatic rings. The molecule has 0 unspecified atom stereocenters. The number of benzene rings is 1. The van der Waals surface area contributed by atoms with Crippen LogP contribution in [0.1, 0.15) is 38.5 Å². The third-order valence-electron chi connectivity index (χ3n) is 6.00. The lowest BCUT2D eigenvalue weighted by molar-refractivity contribution is -0.130. The standard InChI is InChI=1S/C20H26N2O3/c23-18(12-21-19(24)13-25-17-4-2-1-3-5-17)22-20-9-14-6-15(10-20)8-16(7-14)11-20/h1-5,14-16H,6-13H2,(H,21,24)(H,22,23). The number of para-hydroxylation sites is 1. The van der Waals surface area contributed by atoms with Crippen molar-refractivity contribution < 1.29 is 14.3 Å². The fourth-order valence-electron chi connectivity index (χ4n) is 5.50. The maximum atomic E-state index is 12.3. The van der Waals surface area contributed by atoms with E-state index in [2.05, 4.69) is 10.6 Å². The highest BCUT2D eigenvalue weighted by Gasteiger charge is 2.51. The molecular weight excluding hydrogens is 316 g/mol. The highest BCUT2D eigenvalue weighted by Crippen LogP contribution is 2.55. The van der Waals surface area contributed by atoms with E-state index >= 15 is 0 Å². The minimum Gasteiger partial charge on any atom is -0.484 e. The van der Waals surface area contributed by atoms with Crippen LogP contribution in [-0.4, -0.2) is 30.5 Å². The number of carbonyl (C=O) groups is 2. The molecule has 5 rings (SSSR count). The van der Waals surface area contributed by atoms with Crippen molar-refractivity contribution in [3.05, 3.63) is 30.3 Å². The van der Waals surface area contributed by atoms with Crippen molar-refractivity contribution >= 4 is 11.8 Å². The average Bonchev–Trinajstić information content (AvgIpc) is 2.57. The lowest BCUT2D eigenvalue weighted by atomic mass is 9.53. The SMILES string of the molecule is O=C(COc1ccccc1)NCC(=O)NC12CC3CC(CC(C3)C1)C2. The maximum Gasteiger partial charge on any atom is 0.258 e. The smallest absolute Gasteiger partial charge is 0.258 e. The molecule has 25 heavy (non-hydrogen) atoms. The van der Waals surface area contributed by atoms with Crippen LogP contribution >= 0.6 is 0 Å². The highest BCUT2D eigenvalue weighted by atomic mass is 16.5. The third kappa shape index (κ3) is 3.80. The van der Waals surface area contributed by atoms with Crippen molar-refractivity contribution in [1.29, 1.82) is 0 Å². The molecule has 4 fully saturated rings. The molecule has 0 aromatic heterocycles. The number of ether oxygens (including phenoxy) is 1. The Morgan fingerprint density at radius 1 is 0.960 bits per heavy atom. The van der Waals surface area contributed by atoms with E-state index in [0.717, 1.165) is 37.0 Å². The first kappa shape index (κ1) is 16.4. The van der Waals surface area contributed by atoms with Gasteiger partial charge in [-0.15, -0.1) is 0 Å². The number of amides is 2. The van der Waals surface area contributed by atoms with Gasteiger partial charge in [-0.3, -0.25) is 9.59 Å². The Balaban J connectivity index is 1.22. The van der Waals surface area contributed by atoms with Crippen LogP contribution in [0.2, 0.25) is 0 Å². The summed E-state index contributed by atoms with van der Waals surface area (Å²) in [6, 6.07) is 9.19. The van der Waals surface area contributed by atoms with E-state index in [4.69, 9.17) is 4.74 Å². The molecule has 4 aliphatic rings. The molecule has 5 heteroatoms. The molecule has 0 spiro atoms. The number of rotatable bonds is 6. The second kappa shape index (κ2) is 6.70. The summed E-state index contributed by atoms with van der Waals surface area (Å²) in [6.45, 7) is -0.0482. The van der Waals surface area contributed by atoms with Gasteiger partial charge in [0, 0.05) is 5.54 Å². The van der Waals surface area contributed by atoms with Crippen molar-refractivity contribution in [3.8, 4) is 5.75 Å². The van der Waals surface area contributed by atoms with Gasteiger partial charge in [-0.2, -0.15) is 0 Å². The largest absolute Gasteiger partial charge is 0.484 e. The van der Waals surface area contributed by atoms with Gasteiger partial charge in [-0.25, -0.2) is 0 Å². The van der Waals surface area contributed by atoms with E-state index < -0.39 is 0 Å². The van der Waals surface area contributed by atoms with E-state index in [-0.39, 0.29) is 30.5 Å². The molecule has 2 amide bonds. The second-order valence-corrected chi connectivity index (χ2v) is 8.12. The molecule has 134 valence electrons. The van der Waals surface area contributed by atoms with Crippen molar-refractivity contribution in [2.24, 2.45) is 17.8 Å². The van der Waals surface area contributed by atoms with Crippen molar-refractivity contribution in [2.45, 2.75) is 44.1 Å². The van der Waals surface area contributed by atoms with Crippen molar-refractivity contribution in [2.75, 3.05) is 13.2 Å². The van der Waals surface area contributed by atoms with E-state index in [0.29, 0.717) is 5.75 Å². The van der Waals surface area contributed by atoms with E-state index in [1.807, 2.05) is 18.2 Å². The monoisotopic (exact) mass is 342 g/mol. The molecule has 5 nitrogen and oxygen atoms in total. The fourth-order valence-corrected chi connectivity index (χ4v) is 5.50. The number of hydrogen-bond donors (Lipinski definition) is 2. The number of hydrogen-bond acceptors (Lipinski definition) is 3. The zero-order valence-corrected chi connectivity index (χ0v) is 14.5. The summed E-state index contributed by atoms with van der Waals surface area (Å²) >= 11 is 0. The van der Waals surface area contributed by atoms with Gasteiger partial charge < -0.3 is 15.4 Å². The van der Waals surface area contributed by atoms with Crippen LogP contribution in [0.15, 0.2) is 30.3 Å². The first-order valence-corrected chi connectivity index (χ1v) is 9.36. The zero-order chi connectivity index (χ0) is 17.3. The minimum atomic E-state index is -0.274. The number of carbonyl (C=O) groups excluding carboxylic acids is 2. The topological polar surface area (TPSA) is 67.4 Å². The summed E-state index contributed by atoms with van der Waals surface area (Å²) in [4.78, 5) is 24.2. The van der Waals surface area contributed by atoms with Crippen LogP contribution in [0.4, 0.5) is 0 Å². The molecule has 0 aliphatic heterocycles. The lowest BCUT2D eigenvalue weighted by Gasteiger charge is -2.56. The molecular formula is C20H26N2O3. The van der Waals surface area contributed by atoms with Crippen LogP contribution < -0.4 is 15.4 Å². The highest BCUT2D eigenvalue weighted by molar-refractivity contribution is 5.85. The normalized spacial score (nSPS) is 32.2. The molecule has 4 bridgehead atoms. The Labute approximate surface area is 148 Å². The summed E-state index contributed by atoms with van der Waals surface area (Å²) in [7, 11) is 0. The minimum absolute atomic E-state index is 0.00288. The molecule has 0 radical (unpaired) electrons. The van der Waals surface area contributed by atoms with Gasteiger partial charge in [0.1, 0.15) is 5.75 Å². The first-order chi connectivity index (χ1) is 12.1. The Morgan fingerprint density at radius 3 is 2.16 bits per heavy atom. The maximum absolute atomic E-state index is 12.3. The summed E-state index contributed by atoms with van der Waals surface area (Å²) in [5.74, 6) is 2.68. The van der Waals surface area contributed by atoms with Crippen LogP contribution in [-0.2, 0) is 9.59 Å². The van der Waals surface area contributed by atoms with Crippen LogP contribution in [0.25, 0.3) is 0 Å². The predicted molar refractivity (Wildman–Crippen MR) is 94.0 cm³/mol. The molecule has 0 atom stereocenters. The fraction of sp³-hybridized carbons (Fsp3) is 0.600. The van der Waals surface area contributed by atoms with Gasteiger partial charge in [0.05, 0.1) is 6.54 Å². The van der Waals surface area contributed by atoms with E-state index in [1.165, 1.54) is 19.3 Å². The third-order valence-corrected chi connectivity index (χ3v) is 6.00. The van der Waals surface area contributed by atoms with Gasteiger partial charge in [0.2, 0.25) is 5.91 Å². The summed E-state index contributed by atoms with van der Waals surface area (Å²) in [6.07, 6.45) is 7.41. The van der Waals surface area contributed by atoms with Crippen molar-refractivity contribution in [1.82, 2.24) is 10.6 Å². The zero-order valence-electron chi connectivity index (χ0n) is 14.5. The van der Waals surface area contributed by atoms with Gasteiger partial charge in [-0.05, 0) is 68.4 Å². The van der Waals surface area contributed by atoms with Gasteiger partial charge in [0.15, 0.2) is 6.61 Å². The second-order valence-electron chi connectivity index (χ2n) is 8.12. The van der Waals surface area contributed by atoms with Gasteiger partial charge >= 0.3 is 0 Å². The summed E-state index contributed by atoms with van der Waals surface area (Å²) < 4.78 is 5.39. The van der Waals surface area contributed by atoms with Crippen molar-refractivity contribution in [3.63, 3.8) is 0 Å². The molecule has 0 saturated heterocycles. The Kier molecular flexibility index (Phi) is 4.40. The molecule has 0 heterocycles. The molecule has 4 saturated carbocycles. The van der Waals surface area contributed by atoms with Crippen LogP contribution in [0, 0.1) is 17.8 Å². The Morgan fingerprint density at radius 2 is 1.56 bits per heavy atom. The lowest BCUT2D eigenvalue weighted by Crippen LogP contribution is -2.61.